The monoisotopic (exact) mass is 149 g/mol. The van der Waals surface area contributed by atoms with Crippen LogP contribution >= 0.6 is 0 Å². The molecule has 1 fully saturated rings. The maximum absolute atomic E-state index is 11.6. The lowest BCUT2D eigenvalue weighted by atomic mass is 9.97. The van der Waals surface area contributed by atoms with E-state index in [1.165, 1.54) is 0 Å². The van der Waals surface area contributed by atoms with E-state index in [9.17, 15) is 8.78 Å². The maximum Gasteiger partial charge on any atom is 0.238 e. The number of halogens is 2. The third-order valence-corrected chi connectivity index (χ3v) is 1.90. The van der Waals surface area contributed by atoms with Gasteiger partial charge in [-0.3, -0.25) is 0 Å². The van der Waals surface area contributed by atoms with Gasteiger partial charge in [0.05, 0.1) is 0 Å². The molecule has 3 heteroatoms. The molecule has 0 radical (unpaired) electrons. The lowest BCUT2D eigenvalue weighted by molar-refractivity contribution is 0.130. The summed E-state index contributed by atoms with van der Waals surface area (Å²) in [5, 5.41) is 3.11. The van der Waals surface area contributed by atoms with E-state index in [-0.39, 0.29) is 6.42 Å². The van der Waals surface area contributed by atoms with Crippen LogP contribution in [0.5, 0.6) is 0 Å². The summed E-state index contributed by atoms with van der Waals surface area (Å²) in [5.41, 5.74) is 0. The molecule has 60 valence electrons. The summed E-state index contributed by atoms with van der Waals surface area (Å²) in [6, 6.07) is 0. The molecular weight excluding hydrogens is 136 g/mol. The molecule has 0 amide bonds. The molecule has 0 atom stereocenters. The fourth-order valence-corrected chi connectivity index (χ4v) is 1.11. The van der Waals surface area contributed by atoms with Crippen LogP contribution in [0.15, 0.2) is 0 Å². The maximum atomic E-state index is 11.6. The van der Waals surface area contributed by atoms with Gasteiger partial charge >= 0.3 is 0 Å². The quantitative estimate of drug-likeness (QED) is 0.640. The van der Waals surface area contributed by atoms with E-state index < -0.39 is 6.43 Å². The second kappa shape index (κ2) is 3.86. The topological polar surface area (TPSA) is 12.0 Å². The Bertz CT molecular complexity index is 91.6. The van der Waals surface area contributed by atoms with Crippen LogP contribution in [-0.2, 0) is 0 Å². The SMILES string of the molecule is FC(F)CCCC1CNC1. The van der Waals surface area contributed by atoms with Crippen molar-refractivity contribution in [1.29, 1.82) is 0 Å². The molecule has 0 aromatic heterocycles. The molecule has 1 rings (SSSR count). The van der Waals surface area contributed by atoms with Crippen molar-refractivity contribution in [1.82, 2.24) is 5.32 Å². The molecule has 0 aliphatic carbocycles. The van der Waals surface area contributed by atoms with Gasteiger partial charge in [0.15, 0.2) is 0 Å². The van der Waals surface area contributed by atoms with Crippen LogP contribution in [0.25, 0.3) is 0 Å². The minimum absolute atomic E-state index is 0.0799. The van der Waals surface area contributed by atoms with Gasteiger partial charge in [-0.15, -0.1) is 0 Å². The molecule has 1 aliphatic heterocycles. The number of alkyl halides is 2. The highest BCUT2D eigenvalue weighted by molar-refractivity contribution is 4.74. The van der Waals surface area contributed by atoms with Crippen LogP contribution in [-0.4, -0.2) is 19.5 Å². The van der Waals surface area contributed by atoms with Gasteiger partial charge in [0, 0.05) is 6.42 Å². The summed E-state index contributed by atoms with van der Waals surface area (Å²) in [4.78, 5) is 0. The van der Waals surface area contributed by atoms with Gasteiger partial charge in [0.25, 0.3) is 0 Å². The average molecular weight is 149 g/mol. The molecule has 0 aromatic rings. The van der Waals surface area contributed by atoms with E-state index in [0.717, 1.165) is 19.5 Å². The zero-order valence-electron chi connectivity index (χ0n) is 5.95. The second-order valence-corrected chi connectivity index (χ2v) is 2.85. The van der Waals surface area contributed by atoms with E-state index in [1.807, 2.05) is 0 Å². The Kier molecular flexibility index (Phi) is 3.06. The van der Waals surface area contributed by atoms with Gasteiger partial charge in [-0.2, -0.15) is 0 Å². The minimum atomic E-state index is -2.10. The lowest BCUT2D eigenvalue weighted by Crippen LogP contribution is -2.41. The van der Waals surface area contributed by atoms with Crippen molar-refractivity contribution in [2.45, 2.75) is 25.7 Å². The molecule has 0 spiro atoms. The number of hydrogen-bond acceptors (Lipinski definition) is 1. The van der Waals surface area contributed by atoms with Gasteiger partial charge < -0.3 is 5.32 Å². The summed E-state index contributed by atoms with van der Waals surface area (Å²) in [6.45, 7) is 2.06. The van der Waals surface area contributed by atoms with Crippen molar-refractivity contribution >= 4 is 0 Å². The fraction of sp³-hybridized carbons (Fsp3) is 1.00. The standard InChI is InChI=1S/C7H13F2N/c8-7(9)3-1-2-6-4-10-5-6/h6-7,10H,1-5H2. The zero-order chi connectivity index (χ0) is 7.40. The van der Waals surface area contributed by atoms with Crippen LogP contribution in [0, 0.1) is 5.92 Å². The Morgan fingerprint density at radius 2 is 2.10 bits per heavy atom. The largest absolute Gasteiger partial charge is 0.316 e. The number of hydrogen-bond donors (Lipinski definition) is 1. The van der Waals surface area contributed by atoms with E-state index in [1.54, 1.807) is 0 Å². The Morgan fingerprint density at radius 1 is 1.40 bits per heavy atom. The highest BCUT2D eigenvalue weighted by Gasteiger charge is 2.16. The Hall–Kier alpha value is -0.180. The Labute approximate surface area is 59.8 Å². The molecule has 1 N–H and O–H groups in total. The molecule has 1 saturated heterocycles. The first-order valence-corrected chi connectivity index (χ1v) is 3.78. The van der Waals surface area contributed by atoms with Gasteiger partial charge in [-0.05, 0) is 31.8 Å². The molecule has 0 saturated carbocycles. The summed E-state index contributed by atoms with van der Waals surface area (Å²) in [7, 11) is 0. The molecular formula is C7H13F2N. The molecule has 0 unspecified atom stereocenters. The van der Waals surface area contributed by atoms with E-state index >= 15 is 0 Å². The minimum Gasteiger partial charge on any atom is -0.316 e. The predicted molar refractivity (Wildman–Crippen MR) is 36.2 cm³/mol. The molecule has 0 aromatic carbocycles. The van der Waals surface area contributed by atoms with Crippen molar-refractivity contribution in [3.8, 4) is 0 Å². The van der Waals surface area contributed by atoms with Crippen LogP contribution in [0.1, 0.15) is 19.3 Å². The zero-order valence-corrected chi connectivity index (χ0v) is 5.95. The van der Waals surface area contributed by atoms with E-state index in [4.69, 9.17) is 0 Å². The predicted octanol–water partition coefficient (Wildman–Crippen LogP) is 1.64. The van der Waals surface area contributed by atoms with Crippen molar-refractivity contribution in [3.05, 3.63) is 0 Å². The van der Waals surface area contributed by atoms with Crippen LogP contribution in [0.4, 0.5) is 8.78 Å². The van der Waals surface area contributed by atoms with Crippen LogP contribution < -0.4 is 5.32 Å². The first kappa shape index (κ1) is 7.92. The molecule has 1 nitrogen and oxygen atoms in total. The molecule has 1 aliphatic rings. The summed E-state index contributed by atoms with van der Waals surface area (Å²) in [6.07, 6.45) is -0.370. The van der Waals surface area contributed by atoms with Crippen molar-refractivity contribution in [2.24, 2.45) is 5.92 Å². The highest BCUT2D eigenvalue weighted by atomic mass is 19.3. The summed E-state index contributed by atoms with van der Waals surface area (Å²) in [5.74, 6) is 0.679. The van der Waals surface area contributed by atoms with Crippen LogP contribution in [0.2, 0.25) is 0 Å². The van der Waals surface area contributed by atoms with Gasteiger partial charge in [-0.1, -0.05) is 0 Å². The average Bonchev–Trinajstić information content (AvgIpc) is 1.75. The number of nitrogens with one attached hydrogen (secondary N) is 1. The lowest BCUT2D eigenvalue weighted by Gasteiger charge is -2.26. The fourth-order valence-electron chi connectivity index (χ4n) is 1.11. The third-order valence-electron chi connectivity index (χ3n) is 1.90. The van der Waals surface area contributed by atoms with E-state index in [0.29, 0.717) is 12.3 Å². The highest BCUT2D eigenvalue weighted by Crippen LogP contribution is 2.14. The molecule has 10 heavy (non-hydrogen) atoms. The smallest absolute Gasteiger partial charge is 0.238 e. The summed E-state index contributed by atoms with van der Waals surface area (Å²) < 4.78 is 23.2. The van der Waals surface area contributed by atoms with Gasteiger partial charge in [-0.25, -0.2) is 8.78 Å². The van der Waals surface area contributed by atoms with Gasteiger partial charge in [0.1, 0.15) is 0 Å². The third kappa shape index (κ3) is 2.60. The van der Waals surface area contributed by atoms with Crippen molar-refractivity contribution in [3.63, 3.8) is 0 Å². The normalized spacial score (nSPS) is 19.5. The van der Waals surface area contributed by atoms with Gasteiger partial charge in [0.2, 0.25) is 6.43 Å². The second-order valence-electron chi connectivity index (χ2n) is 2.85. The first-order valence-electron chi connectivity index (χ1n) is 3.78. The molecule has 0 bridgehead atoms. The van der Waals surface area contributed by atoms with E-state index in [2.05, 4.69) is 5.32 Å². The van der Waals surface area contributed by atoms with Crippen LogP contribution in [0.3, 0.4) is 0 Å². The summed E-state index contributed by atoms with van der Waals surface area (Å²) >= 11 is 0. The van der Waals surface area contributed by atoms with Crippen molar-refractivity contribution in [2.75, 3.05) is 13.1 Å². The first-order chi connectivity index (χ1) is 4.79. The molecule has 1 heterocycles. The number of rotatable bonds is 4. The van der Waals surface area contributed by atoms with Crippen molar-refractivity contribution < 1.29 is 8.78 Å². The Balaban J connectivity index is 1.85. The Morgan fingerprint density at radius 3 is 2.50 bits per heavy atom.